The Bertz CT molecular complexity index is 878. The zero-order valence-electron chi connectivity index (χ0n) is 20.5. The second-order valence-corrected chi connectivity index (χ2v) is 9.17. The SMILES string of the molecule is C=CC(=O)N1C[C@H](C)N(c2nc(OC)nc3c2CCN(C)C3)C[C@@H]1CC#N.CN1CCCC1. The number of piperazine rings is 1. The Balaban J connectivity index is 0.000000442. The third-order valence-electron chi connectivity index (χ3n) is 6.62. The number of likely N-dealkylation sites (tertiary alicyclic amines) is 1. The van der Waals surface area contributed by atoms with Gasteiger partial charge in [-0.3, -0.25) is 4.79 Å². The van der Waals surface area contributed by atoms with Gasteiger partial charge >= 0.3 is 6.01 Å². The number of hydrogen-bond donors (Lipinski definition) is 0. The number of likely N-dealkylation sites (N-methyl/N-ethyl adjacent to an activating group) is 1. The number of aromatic nitrogens is 2. The monoisotopic (exact) mass is 455 g/mol. The van der Waals surface area contributed by atoms with Crippen LogP contribution in [0.2, 0.25) is 0 Å². The van der Waals surface area contributed by atoms with Crippen molar-refractivity contribution < 1.29 is 9.53 Å². The summed E-state index contributed by atoms with van der Waals surface area (Å²) in [5, 5.41) is 9.23. The van der Waals surface area contributed by atoms with Crippen LogP contribution in [0.1, 0.15) is 37.4 Å². The number of amides is 1. The molecule has 0 aliphatic carbocycles. The van der Waals surface area contributed by atoms with Crippen LogP contribution in [0.15, 0.2) is 12.7 Å². The third-order valence-corrected chi connectivity index (χ3v) is 6.62. The fourth-order valence-corrected chi connectivity index (χ4v) is 4.72. The fourth-order valence-electron chi connectivity index (χ4n) is 4.72. The molecular weight excluding hydrogens is 418 g/mol. The fraction of sp³-hybridized carbons (Fsp3) is 0.667. The average Bonchev–Trinajstić information content (AvgIpc) is 3.29. The summed E-state index contributed by atoms with van der Waals surface area (Å²) in [7, 11) is 5.82. The van der Waals surface area contributed by atoms with Crippen molar-refractivity contribution in [3.8, 4) is 12.1 Å². The highest BCUT2D eigenvalue weighted by atomic mass is 16.5. The van der Waals surface area contributed by atoms with Crippen molar-refractivity contribution in [1.29, 1.82) is 5.26 Å². The lowest BCUT2D eigenvalue weighted by molar-refractivity contribution is -0.129. The van der Waals surface area contributed by atoms with Gasteiger partial charge in [-0.15, -0.1) is 0 Å². The minimum absolute atomic E-state index is 0.0622. The van der Waals surface area contributed by atoms with Crippen LogP contribution in [0.4, 0.5) is 5.82 Å². The Morgan fingerprint density at radius 3 is 2.52 bits per heavy atom. The minimum atomic E-state index is -0.195. The predicted molar refractivity (Wildman–Crippen MR) is 128 cm³/mol. The first kappa shape index (κ1) is 24.9. The standard InChI is InChI=1S/C19H26N6O2.C5H11N/c1-5-17(26)25-10-13(2)24(11-14(25)6-8-20)18-15-7-9-23(3)12-16(15)21-19(22-18)27-4;1-6-4-2-3-5-6/h5,13-14H,1,6-7,9-12H2,2-4H3;2-5H2,1H3/t13-,14-;/m0./s1. The van der Waals surface area contributed by atoms with Crippen molar-refractivity contribution in [3.05, 3.63) is 23.9 Å². The molecule has 33 heavy (non-hydrogen) atoms. The number of methoxy groups -OCH3 is 1. The number of carbonyl (C=O) groups excluding carboxylic acids is 1. The first-order chi connectivity index (χ1) is 15.9. The molecule has 2 fully saturated rings. The van der Waals surface area contributed by atoms with Crippen molar-refractivity contribution in [1.82, 2.24) is 24.7 Å². The van der Waals surface area contributed by atoms with Gasteiger partial charge in [0, 0.05) is 37.8 Å². The van der Waals surface area contributed by atoms with Crippen LogP contribution in [0.25, 0.3) is 0 Å². The van der Waals surface area contributed by atoms with Gasteiger partial charge in [0.05, 0.1) is 31.3 Å². The molecule has 2 saturated heterocycles. The Morgan fingerprint density at radius 2 is 1.94 bits per heavy atom. The second kappa shape index (κ2) is 11.4. The van der Waals surface area contributed by atoms with Gasteiger partial charge < -0.3 is 24.3 Å². The number of fused-ring (bicyclic) bond motifs is 1. The summed E-state index contributed by atoms with van der Waals surface area (Å²) in [5.74, 6) is 0.733. The molecule has 0 N–H and O–H groups in total. The van der Waals surface area contributed by atoms with Gasteiger partial charge in [-0.05, 0) is 59.4 Å². The van der Waals surface area contributed by atoms with Crippen LogP contribution in [0, 0.1) is 11.3 Å². The molecule has 9 nitrogen and oxygen atoms in total. The molecule has 0 bridgehead atoms. The van der Waals surface area contributed by atoms with Crippen molar-refractivity contribution in [2.24, 2.45) is 0 Å². The van der Waals surface area contributed by atoms with Crippen LogP contribution in [0.5, 0.6) is 6.01 Å². The summed E-state index contributed by atoms with van der Waals surface area (Å²) in [6.07, 6.45) is 5.29. The van der Waals surface area contributed by atoms with Crippen LogP contribution in [0.3, 0.4) is 0 Å². The van der Waals surface area contributed by atoms with Crippen LogP contribution < -0.4 is 9.64 Å². The maximum absolute atomic E-state index is 12.2. The first-order valence-corrected chi connectivity index (χ1v) is 11.7. The summed E-state index contributed by atoms with van der Waals surface area (Å²) in [5.41, 5.74) is 2.12. The van der Waals surface area contributed by atoms with E-state index in [2.05, 4.69) is 58.3 Å². The largest absolute Gasteiger partial charge is 0.467 e. The van der Waals surface area contributed by atoms with E-state index in [1.54, 1.807) is 12.0 Å². The molecule has 2 atom stereocenters. The minimum Gasteiger partial charge on any atom is -0.467 e. The van der Waals surface area contributed by atoms with E-state index in [9.17, 15) is 10.1 Å². The summed E-state index contributed by atoms with van der Waals surface area (Å²) in [4.78, 5) is 30.0. The number of nitrogens with zero attached hydrogens (tertiary/aromatic N) is 7. The molecule has 3 aliphatic rings. The van der Waals surface area contributed by atoms with Crippen molar-refractivity contribution >= 4 is 11.7 Å². The molecule has 1 aromatic rings. The Labute approximate surface area is 197 Å². The van der Waals surface area contributed by atoms with E-state index < -0.39 is 0 Å². The Morgan fingerprint density at radius 1 is 1.21 bits per heavy atom. The highest BCUT2D eigenvalue weighted by Gasteiger charge is 2.36. The van der Waals surface area contributed by atoms with Gasteiger partial charge in [0.1, 0.15) is 5.82 Å². The number of ether oxygens (including phenoxy) is 1. The topological polar surface area (TPSA) is 88.8 Å². The number of carbonyl (C=O) groups is 1. The first-order valence-electron chi connectivity index (χ1n) is 11.7. The zero-order chi connectivity index (χ0) is 24.0. The maximum Gasteiger partial charge on any atom is 0.318 e. The van der Waals surface area contributed by atoms with E-state index in [0.29, 0.717) is 19.1 Å². The summed E-state index contributed by atoms with van der Waals surface area (Å²) < 4.78 is 5.34. The van der Waals surface area contributed by atoms with Crippen molar-refractivity contribution in [2.75, 3.05) is 58.8 Å². The number of anilines is 1. The number of hydrogen-bond acceptors (Lipinski definition) is 8. The molecule has 0 unspecified atom stereocenters. The predicted octanol–water partition coefficient (Wildman–Crippen LogP) is 1.69. The van der Waals surface area contributed by atoms with Gasteiger partial charge in [-0.1, -0.05) is 6.58 Å². The van der Waals surface area contributed by atoms with E-state index in [1.165, 1.54) is 32.0 Å². The van der Waals surface area contributed by atoms with Gasteiger partial charge in [-0.25, -0.2) is 0 Å². The lowest BCUT2D eigenvalue weighted by Gasteiger charge is -2.45. The van der Waals surface area contributed by atoms with E-state index >= 15 is 0 Å². The molecule has 4 heterocycles. The molecule has 9 heteroatoms. The molecule has 0 radical (unpaired) electrons. The summed E-state index contributed by atoms with van der Waals surface area (Å²) in [6.45, 7) is 11.1. The Hall–Kier alpha value is -2.70. The lowest BCUT2D eigenvalue weighted by Crippen LogP contribution is -2.59. The van der Waals surface area contributed by atoms with Gasteiger partial charge in [0.25, 0.3) is 0 Å². The zero-order valence-corrected chi connectivity index (χ0v) is 20.5. The molecule has 0 saturated carbocycles. The molecule has 0 aromatic carbocycles. The van der Waals surface area contributed by atoms with Gasteiger partial charge in [0.15, 0.2) is 0 Å². The molecule has 1 amide bonds. The van der Waals surface area contributed by atoms with Crippen LogP contribution >= 0.6 is 0 Å². The highest BCUT2D eigenvalue weighted by molar-refractivity contribution is 5.87. The molecule has 3 aliphatic heterocycles. The van der Waals surface area contributed by atoms with Gasteiger partial charge in [-0.2, -0.15) is 15.2 Å². The van der Waals surface area contributed by atoms with Crippen LogP contribution in [-0.4, -0.2) is 96.6 Å². The molecule has 0 spiro atoms. The van der Waals surface area contributed by atoms with E-state index in [4.69, 9.17) is 4.74 Å². The smallest absolute Gasteiger partial charge is 0.318 e. The second-order valence-electron chi connectivity index (χ2n) is 9.17. The van der Waals surface area contributed by atoms with Gasteiger partial charge in [0.2, 0.25) is 5.91 Å². The quantitative estimate of drug-likeness (QED) is 0.634. The number of rotatable bonds is 4. The third kappa shape index (κ3) is 6.01. The number of nitriles is 1. The van der Waals surface area contributed by atoms with Crippen LogP contribution in [-0.2, 0) is 17.8 Å². The Kier molecular flexibility index (Phi) is 8.64. The maximum atomic E-state index is 12.2. The normalized spacial score (nSPS) is 23.2. The van der Waals surface area contributed by atoms with Crippen molar-refractivity contribution in [3.63, 3.8) is 0 Å². The average molecular weight is 456 g/mol. The van der Waals surface area contributed by atoms with E-state index in [-0.39, 0.29) is 24.4 Å². The lowest BCUT2D eigenvalue weighted by atomic mass is 10.0. The van der Waals surface area contributed by atoms with Crippen molar-refractivity contribution in [2.45, 2.75) is 51.2 Å². The molecular formula is C24H37N7O2. The summed E-state index contributed by atoms with van der Waals surface area (Å²) in [6, 6.07) is 2.43. The molecule has 180 valence electrons. The van der Waals surface area contributed by atoms with E-state index in [1.807, 2.05) is 0 Å². The summed E-state index contributed by atoms with van der Waals surface area (Å²) >= 11 is 0. The highest BCUT2D eigenvalue weighted by Crippen LogP contribution is 2.32. The molecule has 1 aromatic heterocycles. The van der Waals surface area contributed by atoms with E-state index in [0.717, 1.165) is 36.6 Å². The molecule has 4 rings (SSSR count).